The van der Waals surface area contributed by atoms with E-state index in [1.54, 1.807) is 4.90 Å². The van der Waals surface area contributed by atoms with Crippen molar-refractivity contribution in [3.05, 3.63) is 0 Å². The highest BCUT2D eigenvalue weighted by Crippen LogP contribution is 2.11. The quantitative estimate of drug-likeness (QED) is 0.794. The molecule has 0 aromatic carbocycles. The summed E-state index contributed by atoms with van der Waals surface area (Å²) in [4.78, 5) is 24.6. The van der Waals surface area contributed by atoms with Gasteiger partial charge in [0.2, 0.25) is 0 Å². The second-order valence-electron chi connectivity index (χ2n) is 5.20. The fourth-order valence-electron chi connectivity index (χ4n) is 2.39. The number of hydrogen-bond acceptors (Lipinski definition) is 3. The Kier molecular flexibility index (Phi) is 6.08. The number of urea groups is 1. The predicted molar refractivity (Wildman–Crippen MR) is 71.1 cm³/mol. The molecule has 110 valence electrons. The highest BCUT2D eigenvalue weighted by molar-refractivity contribution is 5.76. The number of ether oxygens (including phenoxy) is 1. The van der Waals surface area contributed by atoms with Gasteiger partial charge in [0.15, 0.2) is 0 Å². The third kappa shape index (κ3) is 5.46. The van der Waals surface area contributed by atoms with Crippen LogP contribution in [0.2, 0.25) is 0 Å². The largest absolute Gasteiger partial charge is 0.481 e. The number of nitrogens with one attached hydrogen (secondary N) is 1. The predicted octanol–water partition coefficient (Wildman–Crippen LogP) is 1.45. The van der Waals surface area contributed by atoms with Crippen molar-refractivity contribution in [1.29, 1.82) is 0 Å². The maximum absolute atomic E-state index is 12.1. The van der Waals surface area contributed by atoms with Crippen LogP contribution in [-0.2, 0) is 9.53 Å². The van der Waals surface area contributed by atoms with Gasteiger partial charge >= 0.3 is 12.0 Å². The van der Waals surface area contributed by atoms with Crippen molar-refractivity contribution in [1.82, 2.24) is 10.2 Å². The van der Waals surface area contributed by atoms with Gasteiger partial charge in [-0.05, 0) is 20.3 Å². The fourth-order valence-corrected chi connectivity index (χ4v) is 2.39. The van der Waals surface area contributed by atoms with Crippen LogP contribution in [0.1, 0.15) is 40.0 Å². The van der Waals surface area contributed by atoms with Gasteiger partial charge < -0.3 is 20.1 Å². The molecule has 0 bridgehead atoms. The average Bonchev–Trinajstić information content (AvgIpc) is 2.26. The molecule has 2 N–H and O–H groups in total. The van der Waals surface area contributed by atoms with Gasteiger partial charge in [0.05, 0.1) is 18.6 Å². The number of carbonyl (C=O) groups excluding carboxylic acids is 1. The zero-order valence-electron chi connectivity index (χ0n) is 11.9. The molecule has 19 heavy (non-hydrogen) atoms. The van der Waals surface area contributed by atoms with E-state index < -0.39 is 5.97 Å². The van der Waals surface area contributed by atoms with Gasteiger partial charge in [-0.2, -0.15) is 0 Å². The van der Waals surface area contributed by atoms with Gasteiger partial charge in [0.25, 0.3) is 0 Å². The number of carboxylic acid groups (broad SMARTS) is 1. The minimum absolute atomic E-state index is 0.0126. The molecule has 0 radical (unpaired) electrons. The summed E-state index contributed by atoms with van der Waals surface area (Å²) >= 11 is 0. The molecule has 3 unspecified atom stereocenters. The number of nitrogens with zero attached hydrogens (tertiary/aromatic N) is 1. The first-order valence-corrected chi connectivity index (χ1v) is 6.85. The number of amides is 2. The van der Waals surface area contributed by atoms with Crippen molar-refractivity contribution in [3.8, 4) is 0 Å². The summed E-state index contributed by atoms with van der Waals surface area (Å²) in [5.41, 5.74) is 0. The van der Waals surface area contributed by atoms with Crippen LogP contribution in [0, 0.1) is 0 Å². The lowest BCUT2D eigenvalue weighted by Crippen LogP contribution is -2.53. The summed E-state index contributed by atoms with van der Waals surface area (Å²) in [7, 11) is 0. The number of carboxylic acids is 1. The van der Waals surface area contributed by atoms with Crippen LogP contribution in [0.15, 0.2) is 0 Å². The third-order valence-electron chi connectivity index (χ3n) is 3.09. The Balaban J connectivity index is 2.52. The monoisotopic (exact) mass is 272 g/mol. The Morgan fingerprint density at radius 3 is 2.42 bits per heavy atom. The highest BCUT2D eigenvalue weighted by atomic mass is 16.5. The van der Waals surface area contributed by atoms with Crippen molar-refractivity contribution in [3.63, 3.8) is 0 Å². The lowest BCUT2D eigenvalue weighted by atomic mass is 10.1. The molecule has 1 rings (SSSR count). The van der Waals surface area contributed by atoms with Crippen LogP contribution in [-0.4, -0.2) is 53.3 Å². The third-order valence-corrected chi connectivity index (χ3v) is 3.09. The Bertz CT molecular complexity index is 312. The van der Waals surface area contributed by atoms with E-state index >= 15 is 0 Å². The minimum Gasteiger partial charge on any atom is -0.481 e. The molecular formula is C13H24N2O4. The van der Waals surface area contributed by atoms with Crippen molar-refractivity contribution in [2.45, 2.75) is 58.3 Å². The maximum Gasteiger partial charge on any atom is 0.317 e. The summed E-state index contributed by atoms with van der Waals surface area (Å²) in [6.07, 6.45) is 1.51. The Labute approximate surface area is 114 Å². The number of aliphatic carboxylic acids is 1. The molecule has 1 fully saturated rings. The number of hydrogen-bond donors (Lipinski definition) is 2. The molecule has 0 aromatic heterocycles. The normalized spacial score (nSPS) is 24.9. The van der Waals surface area contributed by atoms with E-state index in [4.69, 9.17) is 9.84 Å². The second kappa shape index (κ2) is 7.33. The topological polar surface area (TPSA) is 78.9 Å². The van der Waals surface area contributed by atoms with Gasteiger partial charge in [0.1, 0.15) is 0 Å². The van der Waals surface area contributed by atoms with Crippen molar-refractivity contribution >= 4 is 12.0 Å². The molecule has 0 spiro atoms. The number of morpholine rings is 1. The summed E-state index contributed by atoms with van der Waals surface area (Å²) < 4.78 is 5.57. The van der Waals surface area contributed by atoms with Gasteiger partial charge in [-0.1, -0.05) is 13.3 Å². The Hall–Kier alpha value is -1.30. The van der Waals surface area contributed by atoms with Crippen molar-refractivity contribution in [2.24, 2.45) is 0 Å². The molecule has 6 nitrogen and oxygen atoms in total. The van der Waals surface area contributed by atoms with Crippen molar-refractivity contribution in [2.75, 3.05) is 13.1 Å². The maximum atomic E-state index is 12.1. The summed E-state index contributed by atoms with van der Waals surface area (Å²) in [5, 5.41) is 11.6. The van der Waals surface area contributed by atoms with Gasteiger partial charge in [0, 0.05) is 19.1 Å². The van der Waals surface area contributed by atoms with Crippen LogP contribution in [0.5, 0.6) is 0 Å². The van der Waals surface area contributed by atoms with E-state index in [9.17, 15) is 9.59 Å². The standard InChI is InChI=1S/C13H24N2O4/c1-4-5-11(6-12(16)17)14-13(18)15-7-9(2)19-10(3)8-15/h9-11H,4-8H2,1-3H3,(H,14,18)(H,16,17). The van der Waals surface area contributed by atoms with Gasteiger partial charge in [-0.3, -0.25) is 4.79 Å². The first kappa shape index (κ1) is 15.8. The smallest absolute Gasteiger partial charge is 0.317 e. The molecule has 6 heteroatoms. The first-order chi connectivity index (χ1) is 8.92. The van der Waals surface area contributed by atoms with Gasteiger partial charge in [-0.15, -0.1) is 0 Å². The zero-order chi connectivity index (χ0) is 14.4. The molecular weight excluding hydrogens is 248 g/mol. The molecule has 1 aliphatic heterocycles. The molecule has 3 atom stereocenters. The van der Waals surface area contributed by atoms with E-state index in [1.165, 1.54) is 0 Å². The molecule has 2 amide bonds. The Morgan fingerprint density at radius 1 is 1.37 bits per heavy atom. The summed E-state index contributed by atoms with van der Waals surface area (Å²) in [6, 6.07) is -0.495. The SMILES string of the molecule is CCCC(CC(=O)O)NC(=O)N1CC(C)OC(C)C1. The molecule has 0 saturated carbocycles. The lowest BCUT2D eigenvalue weighted by Gasteiger charge is -2.36. The van der Waals surface area contributed by atoms with Crippen molar-refractivity contribution < 1.29 is 19.4 Å². The number of rotatable bonds is 5. The fraction of sp³-hybridized carbons (Fsp3) is 0.846. The van der Waals surface area contributed by atoms with Crippen LogP contribution in [0.3, 0.4) is 0 Å². The highest BCUT2D eigenvalue weighted by Gasteiger charge is 2.27. The van der Waals surface area contributed by atoms with Crippen LogP contribution < -0.4 is 5.32 Å². The van der Waals surface area contributed by atoms with Crippen LogP contribution in [0.25, 0.3) is 0 Å². The summed E-state index contributed by atoms with van der Waals surface area (Å²) in [6.45, 7) is 6.91. The van der Waals surface area contributed by atoms with E-state index in [1.807, 2.05) is 20.8 Å². The van der Waals surface area contributed by atoms with E-state index in [0.717, 1.165) is 6.42 Å². The molecule has 1 aliphatic rings. The summed E-state index contributed by atoms with van der Waals surface area (Å²) in [5.74, 6) is -0.887. The van der Waals surface area contributed by atoms with E-state index in [-0.39, 0.29) is 30.7 Å². The molecule has 1 saturated heterocycles. The van der Waals surface area contributed by atoms with E-state index in [2.05, 4.69) is 5.32 Å². The average molecular weight is 272 g/mol. The van der Waals surface area contributed by atoms with E-state index in [0.29, 0.717) is 19.5 Å². The molecule has 0 aliphatic carbocycles. The minimum atomic E-state index is -0.887. The first-order valence-electron chi connectivity index (χ1n) is 6.85. The number of carbonyl (C=O) groups is 2. The molecule has 1 heterocycles. The van der Waals surface area contributed by atoms with Crippen LogP contribution in [0.4, 0.5) is 4.79 Å². The molecule has 0 aromatic rings. The van der Waals surface area contributed by atoms with Crippen LogP contribution >= 0.6 is 0 Å². The Morgan fingerprint density at radius 2 is 1.95 bits per heavy atom. The van der Waals surface area contributed by atoms with Gasteiger partial charge in [-0.25, -0.2) is 4.79 Å². The lowest BCUT2D eigenvalue weighted by molar-refractivity contribution is -0.137. The zero-order valence-corrected chi connectivity index (χ0v) is 11.9. The second-order valence-corrected chi connectivity index (χ2v) is 5.20.